The SMILES string of the molecule is CN(C)C12CC(NC(=O)CCN3CCCCC3)C(C(c3ccccc3)C1)C(c1ccccc1)C2. The van der Waals surface area contributed by atoms with Crippen molar-refractivity contribution in [3.8, 4) is 0 Å². The maximum atomic E-state index is 13.2. The predicted molar refractivity (Wildman–Crippen MR) is 139 cm³/mol. The van der Waals surface area contributed by atoms with Crippen molar-refractivity contribution >= 4 is 5.91 Å². The number of rotatable bonds is 7. The summed E-state index contributed by atoms with van der Waals surface area (Å²) in [6, 6.07) is 22.3. The van der Waals surface area contributed by atoms with Crippen LogP contribution in [0.25, 0.3) is 0 Å². The molecule has 3 unspecified atom stereocenters. The third kappa shape index (κ3) is 4.81. The van der Waals surface area contributed by atoms with Crippen LogP contribution in [0.1, 0.15) is 67.9 Å². The molecule has 1 aliphatic heterocycles. The van der Waals surface area contributed by atoms with Crippen molar-refractivity contribution in [2.24, 2.45) is 5.92 Å². The van der Waals surface area contributed by atoms with Crippen LogP contribution in [0.3, 0.4) is 0 Å². The van der Waals surface area contributed by atoms with Crippen LogP contribution in [0.5, 0.6) is 0 Å². The van der Waals surface area contributed by atoms with E-state index in [1.165, 1.54) is 30.4 Å². The Hall–Kier alpha value is -2.17. The Morgan fingerprint density at radius 1 is 0.882 bits per heavy atom. The zero-order valence-corrected chi connectivity index (χ0v) is 21.0. The van der Waals surface area contributed by atoms with Gasteiger partial charge in [-0.05, 0) is 88.2 Å². The molecular weight excluding hydrogens is 418 g/mol. The van der Waals surface area contributed by atoms with Crippen LogP contribution < -0.4 is 5.32 Å². The maximum Gasteiger partial charge on any atom is 0.221 e. The first-order valence-corrected chi connectivity index (χ1v) is 13.3. The highest BCUT2D eigenvalue weighted by molar-refractivity contribution is 5.76. The molecular formula is C30H41N3O. The van der Waals surface area contributed by atoms with Crippen molar-refractivity contribution in [2.45, 2.75) is 68.4 Å². The fourth-order valence-electron chi connectivity index (χ4n) is 7.22. The van der Waals surface area contributed by atoms with Crippen LogP contribution in [-0.4, -0.2) is 61.0 Å². The lowest BCUT2D eigenvalue weighted by Crippen LogP contribution is -2.64. The average Bonchev–Trinajstić information content (AvgIpc) is 2.89. The first-order chi connectivity index (χ1) is 16.6. The normalized spacial score (nSPS) is 31.5. The number of carbonyl (C=O) groups excluding carboxylic acids is 1. The van der Waals surface area contributed by atoms with Crippen LogP contribution in [0.2, 0.25) is 0 Å². The molecule has 3 aliphatic carbocycles. The number of carbonyl (C=O) groups is 1. The third-order valence-corrected chi connectivity index (χ3v) is 9.05. The zero-order chi connectivity index (χ0) is 23.5. The second-order valence-electron chi connectivity index (χ2n) is 11.2. The second kappa shape index (κ2) is 10.2. The standard InChI is InChI=1S/C30H41N3O/c1-32(2)30-20-25(23-12-6-3-7-13-23)29(26(21-30)24-14-8-4-9-15-24)27(22-30)31-28(34)16-19-33-17-10-5-11-18-33/h3-4,6-9,12-15,25-27,29H,5,10-11,16-22H2,1-2H3,(H,31,34). The fourth-order valence-corrected chi connectivity index (χ4v) is 7.22. The predicted octanol–water partition coefficient (Wildman–Crippen LogP) is 5.03. The van der Waals surface area contributed by atoms with Crippen LogP contribution in [0.4, 0.5) is 0 Å². The Bertz CT molecular complexity index is 889. The van der Waals surface area contributed by atoms with E-state index in [4.69, 9.17) is 0 Å². The highest BCUT2D eigenvalue weighted by Gasteiger charge is 2.57. The summed E-state index contributed by atoms with van der Waals surface area (Å²) < 4.78 is 0. The highest BCUT2D eigenvalue weighted by atomic mass is 16.1. The molecule has 4 heteroatoms. The minimum absolute atomic E-state index is 0.0978. The number of benzene rings is 2. The van der Waals surface area contributed by atoms with E-state index in [2.05, 4.69) is 89.9 Å². The van der Waals surface area contributed by atoms with E-state index in [0.29, 0.717) is 24.2 Å². The molecule has 4 aliphatic rings. The van der Waals surface area contributed by atoms with E-state index >= 15 is 0 Å². The number of nitrogens with zero attached hydrogens (tertiary/aromatic N) is 2. The van der Waals surface area contributed by atoms with Crippen LogP contribution >= 0.6 is 0 Å². The molecule has 2 bridgehead atoms. The number of fused-ring (bicyclic) bond motifs is 3. The third-order valence-electron chi connectivity index (χ3n) is 9.05. The lowest BCUT2D eigenvalue weighted by atomic mass is 9.51. The summed E-state index contributed by atoms with van der Waals surface area (Å²) in [4.78, 5) is 18.2. The molecule has 2 aromatic carbocycles. The van der Waals surface area contributed by atoms with Gasteiger partial charge in [-0.2, -0.15) is 0 Å². The summed E-state index contributed by atoms with van der Waals surface area (Å²) in [5, 5.41) is 3.58. The molecule has 3 atom stereocenters. The van der Waals surface area contributed by atoms with Crippen LogP contribution in [-0.2, 0) is 4.79 Å². The highest BCUT2D eigenvalue weighted by Crippen LogP contribution is 2.59. The first-order valence-electron chi connectivity index (χ1n) is 13.3. The van der Waals surface area contributed by atoms with E-state index in [1.54, 1.807) is 0 Å². The van der Waals surface area contributed by atoms with Crippen molar-refractivity contribution in [1.29, 1.82) is 0 Å². The van der Waals surface area contributed by atoms with Crippen molar-refractivity contribution in [3.63, 3.8) is 0 Å². The Labute approximate surface area is 205 Å². The minimum atomic E-state index is 0.0978. The van der Waals surface area contributed by atoms with E-state index in [1.807, 2.05) is 0 Å². The molecule has 1 heterocycles. The molecule has 182 valence electrons. The first kappa shape index (κ1) is 23.6. The van der Waals surface area contributed by atoms with Crippen molar-refractivity contribution in [2.75, 3.05) is 33.7 Å². The van der Waals surface area contributed by atoms with Crippen molar-refractivity contribution in [1.82, 2.24) is 15.1 Å². The smallest absolute Gasteiger partial charge is 0.221 e. The van der Waals surface area contributed by atoms with Gasteiger partial charge in [0.25, 0.3) is 0 Å². The number of nitrogens with one attached hydrogen (secondary N) is 1. The summed E-state index contributed by atoms with van der Waals surface area (Å²) in [7, 11) is 4.48. The molecule has 0 radical (unpaired) electrons. The van der Waals surface area contributed by atoms with Crippen molar-refractivity contribution < 1.29 is 4.79 Å². The van der Waals surface area contributed by atoms with Gasteiger partial charge in [0.1, 0.15) is 0 Å². The second-order valence-corrected chi connectivity index (χ2v) is 11.2. The van der Waals surface area contributed by atoms with Crippen LogP contribution in [0, 0.1) is 5.92 Å². The average molecular weight is 460 g/mol. The number of likely N-dealkylation sites (tertiary alicyclic amines) is 1. The van der Waals surface area contributed by atoms with E-state index in [-0.39, 0.29) is 17.5 Å². The molecule has 2 aromatic rings. The molecule has 0 aromatic heterocycles. The Morgan fingerprint density at radius 3 is 1.97 bits per heavy atom. The van der Waals surface area contributed by atoms with Gasteiger partial charge in [0.05, 0.1) is 0 Å². The summed E-state index contributed by atoms with van der Waals surface area (Å²) in [6.45, 7) is 3.19. The number of piperidine rings is 1. The zero-order valence-electron chi connectivity index (χ0n) is 21.0. The molecule has 1 amide bonds. The van der Waals surface area contributed by atoms with E-state index in [0.717, 1.165) is 38.9 Å². The maximum absolute atomic E-state index is 13.2. The Morgan fingerprint density at radius 2 is 1.44 bits per heavy atom. The Kier molecular flexibility index (Phi) is 7.08. The van der Waals surface area contributed by atoms with Gasteiger partial charge >= 0.3 is 0 Å². The molecule has 3 saturated carbocycles. The van der Waals surface area contributed by atoms with Gasteiger partial charge in [0.2, 0.25) is 5.91 Å². The summed E-state index contributed by atoms with van der Waals surface area (Å²) in [6.07, 6.45) is 7.87. The topological polar surface area (TPSA) is 35.6 Å². The number of amides is 1. The monoisotopic (exact) mass is 459 g/mol. The largest absolute Gasteiger partial charge is 0.353 e. The Balaban J connectivity index is 1.42. The van der Waals surface area contributed by atoms with Gasteiger partial charge in [-0.3, -0.25) is 4.79 Å². The number of hydrogen-bond acceptors (Lipinski definition) is 3. The fraction of sp³-hybridized carbons (Fsp3) is 0.567. The van der Waals surface area contributed by atoms with Gasteiger partial charge in [-0.1, -0.05) is 67.1 Å². The molecule has 0 spiro atoms. The van der Waals surface area contributed by atoms with Gasteiger partial charge in [-0.25, -0.2) is 0 Å². The van der Waals surface area contributed by atoms with Crippen molar-refractivity contribution in [3.05, 3.63) is 71.8 Å². The number of hydrogen-bond donors (Lipinski definition) is 1. The van der Waals surface area contributed by atoms with E-state index < -0.39 is 0 Å². The molecule has 1 saturated heterocycles. The lowest BCUT2D eigenvalue weighted by Gasteiger charge is -2.61. The molecule has 4 fully saturated rings. The minimum Gasteiger partial charge on any atom is -0.353 e. The van der Waals surface area contributed by atoms with Crippen LogP contribution in [0.15, 0.2) is 60.7 Å². The van der Waals surface area contributed by atoms with Gasteiger partial charge in [-0.15, -0.1) is 0 Å². The molecule has 34 heavy (non-hydrogen) atoms. The quantitative estimate of drug-likeness (QED) is 0.631. The van der Waals surface area contributed by atoms with Gasteiger partial charge in [0, 0.05) is 24.5 Å². The summed E-state index contributed by atoms with van der Waals surface area (Å²) in [5.74, 6) is 1.55. The van der Waals surface area contributed by atoms with Gasteiger partial charge in [0.15, 0.2) is 0 Å². The molecule has 1 N–H and O–H groups in total. The summed E-state index contributed by atoms with van der Waals surface area (Å²) in [5.41, 5.74) is 2.94. The molecule has 6 rings (SSSR count). The summed E-state index contributed by atoms with van der Waals surface area (Å²) >= 11 is 0. The van der Waals surface area contributed by atoms with E-state index in [9.17, 15) is 4.79 Å². The van der Waals surface area contributed by atoms with Gasteiger partial charge < -0.3 is 15.1 Å². The lowest BCUT2D eigenvalue weighted by molar-refractivity contribution is -0.125. The molecule has 4 nitrogen and oxygen atoms in total.